The number of amides is 3. The lowest BCUT2D eigenvalue weighted by Gasteiger charge is -2.38. The van der Waals surface area contributed by atoms with Crippen LogP contribution in [0.2, 0.25) is 0 Å². The number of carbonyl (C=O) groups excluding carboxylic acids is 3. The number of carbonyl (C=O) groups is 3. The number of hydrogen-bond donors (Lipinski definition) is 2. The Bertz CT molecular complexity index is 840. The van der Waals surface area contributed by atoms with Crippen molar-refractivity contribution in [2.24, 2.45) is 0 Å². The van der Waals surface area contributed by atoms with Gasteiger partial charge in [0, 0.05) is 32.9 Å². The lowest BCUT2D eigenvalue weighted by Crippen LogP contribution is -2.46. The molecule has 0 radical (unpaired) electrons. The van der Waals surface area contributed by atoms with Crippen molar-refractivity contribution < 1.29 is 28.2 Å². The summed E-state index contributed by atoms with van der Waals surface area (Å²) in [6.07, 6.45) is -0.201. The fourth-order valence-electron chi connectivity index (χ4n) is 3.95. The molecule has 0 aliphatic carbocycles. The molecule has 0 bridgehead atoms. The Hall–Kier alpha value is -3.04. The number of cyclic esters (lactones) is 1. The monoisotopic (exact) mass is 406 g/mol. The lowest BCUT2D eigenvalue weighted by atomic mass is 9.91. The summed E-state index contributed by atoms with van der Waals surface area (Å²) in [6.45, 7) is 3.46. The molecule has 3 aliphatic heterocycles. The Morgan fingerprint density at radius 3 is 2.72 bits per heavy atom. The van der Waals surface area contributed by atoms with Gasteiger partial charge in [0.1, 0.15) is 17.5 Å². The van der Waals surface area contributed by atoms with E-state index in [2.05, 4.69) is 10.6 Å². The van der Waals surface area contributed by atoms with Crippen LogP contribution in [0.3, 0.4) is 0 Å². The van der Waals surface area contributed by atoms with Gasteiger partial charge in [0.05, 0.1) is 31.0 Å². The summed E-state index contributed by atoms with van der Waals surface area (Å²) in [5.74, 6) is -0.639. The molecule has 3 saturated heterocycles. The Morgan fingerprint density at radius 1 is 1.34 bits per heavy atom. The Labute approximate surface area is 167 Å². The molecule has 9 nitrogen and oxygen atoms in total. The summed E-state index contributed by atoms with van der Waals surface area (Å²) in [4.78, 5) is 37.7. The topological polar surface area (TPSA) is 100 Å². The molecule has 2 N–H and O–H groups in total. The van der Waals surface area contributed by atoms with Crippen LogP contribution in [0.25, 0.3) is 0 Å². The van der Waals surface area contributed by atoms with Gasteiger partial charge in [0.15, 0.2) is 0 Å². The summed E-state index contributed by atoms with van der Waals surface area (Å²) in [5, 5.41) is 5.29. The van der Waals surface area contributed by atoms with Crippen LogP contribution >= 0.6 is 0 Å². The SMILES string of the molecule is CC(=O)NCC1CN(c2ccc(N3CCC4(CC3)CNC(=O)O4)c(F)c2)C(=O)O1. The lowest BCUT2D eigenvalue weighted by molar-refractivity contribution is -0.119. The van der Waals surface area contributed by atoms with E-state index < -0.39 is 29.7 Å². The highest BCUT2D eigenvalue weighted by atomic mass is 19.1. The van der Waals surface area contributed by atoms with E-state index >= 15 is 0 Å². The molecular weight excluding hydrogens is 383 g/mol. The first-order valence-corrected chi connectivity index (χ1v) is 9.59. The van der Waals surface area contributed by atoms with Crippen molar-refractivity contribution in [1.82, 2.24) is 10.6 Å². The normalized spacial score (nSPS) is 23.0. The summed E-state index contributed by atoms with van der Waals surface area (Å²) < 4.78 is 25.4. The van der Waals surface area contributed by atoms with Crippen LogP contribution in [0.15, 0.2) is 18.2 Å². The summed E-state index contributed by atoms with van der Waals surface area (Å²) >= 11 is 0. The van der Waals surface area contributed by atoms with E-state index in [1.54, 1.807) is 12.1 Å². The van der Waals surface area contributed by atoms with E-state index in [9.17, 15) is 18.8 Å². The average Bonchev–Trinajstić information content (AvgIpc) is 3.23. The van der Waals surface area contributed by atoms with Gasteiger partial charge in [-0.25, -0.2) is 14.0 Å². The molecule has 0 aromatic heterocycles. The third-order valence-electron chi connectivity index (χ3n) is 5.58. The molecule has 29 heavy (non-hydrogen) atoms. The smallest absolute Gasteiger partial charge is 0.414 e. The number of anilines is 2. The van der Waals surface area contributed by atoms with Gasteiger partial charge in [-0.3, -0.25) is 9.69 Å². The molecule has 10 heteroatoms. The molecule has 3 fully saturated rings. The van der Waals surface area contributed by atoms with Crippen molar-refractivity contribution in [3.63, 3.8) is 0 Å². The predicted octanol–water partition coefficient (Wildman–Crippen LogP) is 1.37. The summed E-state index contributed by atoms with van der Waals surface area (Å²) in [5.41, 5.74) is 0.360. The maximum atomic E-state index is 14.8. The second-order valence-electron chi connectivity index (χ2n) is 7.60. The number of benzene rings is 1. The standard InChI is InChI=1S/C19H23FN4O5/c1-12(25)21-9-14-10-24(18(27)28-14)13-2-3-16(15(20)8-13)23-6-4-19(5-7-23)11-22-17(26)29-19/h2-3,8,14H,4-7,9-11H2,1H3,(H,21,25)(H,22,26). The molecule has 1 spiro atoms. The minimum atomic E-state index is -0.567. The molecule has 1 aromatic rings. The quantitative estimate of drug-likeness (QED) is 0.783. The zero-order valence-corrected chi connectivity index (χ0v) is 16.1. The first-order valence-electron chi connectivity index (χ1n) is 9.59. The van der Waals surface area contributed by atoms with E-state index in [1.165, 1.54) is 17.9 Å². The van der Waals surface area contributed by atoms with Gasteiger partial charge in [0.2, 0.25) is 5.91 Å². The molecule has 1 aromatic carbocycles. The van der Waals surface area contributed by atoms with Crippen molar-refractivity contribution in [2.45, 2.75) is 31.5 Å². The minimum absolute atomic E-state index is 0.207. The van der Waals surface area contributed by atoms with Gasteiger partial charge in [-0.1, -0.05) is 0 Å². The maximum Gasteiger partial charge on any atom is 0.414 e. The maximum absolute atomic E-state index is 14.8. The third-order valence-corrected chi connectivity index (χ3v) is 5.58. The fourth-order valence-corrected chi connectivity index (χ4v) is 3.95. The number of alkyl carbamates (subject to hydrolysis) is 1. The van der Waals surface area contributed by atoms with Crippen LogP contribution in [-0.4, -0.2) is 62.5 Å². The second-order valence-corrected chi connectivity index (χ2v) is 7.60. The van der Waals surface area contributed by atoms with Crippen molar-refractivity contribution in [3.05, 3.63) is 24.0 Å². The molecule has 3 aliphatic rings. The van der Waals surface area contributed by atoms with E-state index in [-0.39, 0.29) is 19.0 Å². The second kappa shape index (κ2) is 7.41. The first kappa shape index (κ1) is 19.3. The van der Waals surface area contributed by atoms with Crippen LogP contribution in [0.5, 0.6) is 0 Å². The van der Waals surface area contributed by atoms with Crippen LogP contribution in [0.1, 0.15) is 19.8 Å². The number of nitrogens with one attached hydrogen (secondary N) is 2. The van der Waals surface area contributed by atoms with E-state index in [4.69, 9.17) is 9.47 Å². The number of nitrogens with zero attached hydrogens (tertiary/aromatic N) is 2. The van der Waals surface area contributed by atoms with Gasteiger partial charge >= 0.3 is 12.2 Å². The molecular formula is C19H23FN4O5. The van der Waals surface area contributed by atoms with Crippen LogP contribution in [0.4, 0.5) is 25.4 Å². The largest absolute Gasteiger partial charge is 0.442 e. The molecule has 1 unspecified atom stereocenters. The van der Waals surface area contributed by atoms with Crippen molar-refractivity contribution in [2.75, 3.05) is 42.5 Å². The highest BCUT2D eigenvalue weighted by Gasteiger charge is 2.43. The number of halogens is 1. The molecule has 3 amide bonds. The fraction of sp³-hybridized carbons (Fsp3) is 0.526. The van der Waals surface area contributed by atoms with Crippen LogP contribution < -0.4 is 20.4 Å². The molecule has 1 atom stereocenters. The molecule has 3 heterocycles. The van der Waals surface area contributed by atoms with Crippen molar-refractivity contribution in [1.29, 1.82) is 0 Å². The van der Waals surface area contributed by atoms with Crippen LogP contribution in [0, 0.1) is 5.82 Å². The zero-order valence-electron chi connectivity index (χ0n) is 16.1. The molecule has 0 saturated carbocycles. The van der Waals surface area contributed by atoms with Crippen molar-refractivity contribution in [3.8, 4) is 0 Å². The highest BCUT2D eigenvalue weighted by Crippen LogP contribution is 2.34. The Morgan fingerprint density at radius 2 is 2.10 bits per heavy atom. The summed E-state index contributed by atoms with van der Waals surface area (Å²) in [6, 6.07) is 4.65. The van der Waals surface area contributed by atoms with Gasteiger partial charge in [-0.2, -0.15) is 0 Å². The Balaban J connectivity index is 1.40. The summed E-state index contributed by atoms with van der Waals surface area (Å²) in [7, 11) is 0. The average molecular weight is 406 g/mol. The van der Waals surface area contributed by atoms with Gasteiger partial charge < -0.3 is 25.0 Å². The predicted molar refractivity (Wildman–Crippen MR) is 101 cm³/mol. The first-order chi connectivity index (χ1) is 13.8. The number of rotatable bonds is 4. The van der Waals surface area contributed by atoms with E-state index in [0.717, 1.165) is 0 Å². The number of hydrogen-bond acceptors (Lipinski definition) is 6. The van der Waals surface area contributed by atoms with Gasteiger partial charge in [0.25, 0.3) is 0 Å². The van der Waals surface area contributed by atoms with Gasteiger partial charge in [-0.05, 0) is 18.2 Å². The zero-order chi connectivity index (χ0) is 20.6. The van der Waals surface area contributed by atoms with Crippen molar-refractivity contribution >= 4 is 29.5 Å². The number of piperidine rings is 1. The Kier molecular flexibility index (Phi) is 4.93. The van der Waals surface area contributed by atoms with Crippen LogP contribution in [-0.2, 0) is 14.3 Å². The van der Waals surface area contributed by atoms with E-state index in [1.807, 2.05) is 4.90 Å². The van der Waals surface area contributed by atoms with E-state index in [0.29, 0.717) is 43.9 Å². The highest BCUT2D eigenvalue weighted by molar-refractivity contribution is 5.90. The van der Waals surface area contributed by atoms with Gasteiger partial charge in [-0.15, -0.1) is 0 Å². The molecule has 156 valence electrons. The molecule has 4 rings (SSSR count). The minimum Gasteiger partial charge on any atom is -0.442 e. The number of ether oxygens (including phenoxy) is 2. The third kappa shape index (κ3) is 3.92.